The first-order chi connectivity index (χ1) is 6.96. The number of halogens is 3. The van der Waals surface area contributed by atoms with Gasteiger partial charge in [0.25, 0.3) is 0 Å². The molecular formula is C10H10F3NO. The second kappa shape index (κ2) is 4.44. The van der Waals surface area contributed by atoms with Crippen molar-refractivity contribution in [1.29, 1.82) is 0 Å². The highest BCUT2D eigenvalue weighted by molar-refractivity contribution is 5.10. The highest BCUT2D eigenvalue weighted by Crippen LogP contribution is 2.35. The number of nitrogens with zero attached hydrogens (tertiary/aromatic N) is 1. The molecule has 2 nitrogen and oxygen atoms in total. The summed E-state index contributed by atoms with van der Waals surface area (Å²) in [6.45, 7) is 3.07. The summed E-state index contributed by atoms with van der Waals surface area (Å²) < 4.78 is 37.2. The maximum absolute atomic E-state index is 12.4. The smallest absolute Gasteiger partial charge is 0.386 e. The van der Waals surface area contributed by atoms with E-state index in [9.17, 15) is 18.3 Å². The predicted molar refractivity (Wildman–Crippen MR) is 48.9 cm³/mol. The normalized spacial score (nSPS) is 15.7. The van der Waals surface area contributed by atoms with E-state index < -0.39 is 18.2 Å². The van der Waals surface area contributed by atoms with Crippen LogP contribution < -0.4 is 0 Å². The van der Waals surface area contributed by atoms with Crippen molar-refractivity contribution in [1.82, 2.24) is 4.98 Å². The number of rotatable bonds is 3. The molecule has 0 spiro atoms. The van der Waals surface area contributed by atoms with Gasteiger partial charge in [-0.05, 0) is 12.1 Å². The molecule has 0 radical (unpaired) electrons. The first kappa shape index (κ1) is 11.7. The summed E-state index contributed by atoms with van der Waals surface area (Å²) in [7, 11) is 0. The van der Waals surface area contributed by atoms with Crippen LogP contribution in [0.15, 0.2) is 37.1 Å². The molecule has 0 fully saturated rings. The van der Waals surface area contributed by atoms with Crippen molar-refractivity contribution >= 4 is 0 Å². The zero-order valence-corrected chi connectivity index (χ0v) is 7.78. The Bertz CT molecular complexity index is 323. The molecule has 0 saturated heterocycles. The van der Waals surface area contributed by atoms with Crippen LogP contribution in [0.25, 0.3) is 0 Å². The fourth-order valence-electron chi connectivity index (χ4n) is 1.18. The summed E-state index contributed by atoms with van der Waals surface area (Å²) in [5.74, 6) is -1.99. The average Bonchev–Trinajstić information content (AvgIpc) is 2.18. The van der Waals surface area contributed by atoms with Gasteiger partial charge in [0.1, 0.15) is 12.0 Å². The van der Waals surface area contributed by atoms with Gasteiger partial charge < -0.3 is 5.11 Å². The van der Waals surface area contributed by atoms with Crippen LogP contribution in [0.4, 0.5) is 13.2 Å². The molecule has 0 aliphatic rings. The number of hydrogen-bond acceptors (Lipinski definition) is 2. The van der Waals surface area contributed by atoms with Crippen molar-refractivity contribution in [2.75, 3.05) is 0 Å². The standard InChI is InChI=1S/C10H10F3NO/c1-2-7(10(11,12)13)9(15)8-5-3-4-6-14-8/h2-7,9,15H,1H2/t7-,9-/m1/s1. The maximum atomic E-state index is 12.4. The fourth-order valence-corrected chi connectivity index (χ4v) is 1.18. The van der Waals surface area contributed by atoms with E-state index in [0.29, 0.717) is 6.08 Å². The number of alkyl halides is 3. The van der Waals surface area contributed by atoms with Crippen LogP contribution in [0, 0.1) is 5.92 Å². The van der Waals surface area contributed by atoms with Gasteiger partial charge in [-0.15, -0.1) is 6.58 Å². The largest absolute Gasteiger partial charge is 0.398 e. The molecule has 0 bridgehead atoms. The molecule has 0 amide bonds. The van der Waals surface area contributed by atoms with Crippen molar-refractivity contribution in [3.8, 4) is 0 Å². The third kappa shape index (κ3) is 2.79. The zero-order valence-electron chi connectivity index (χ0n) is 7.78. The Labute approximate surface area is 85.1 Å². The van der Waals surface area contributed by atoms with Gasteiger partial charge in [-0.25, -0.2) is 0 Å². The van der Waals surface area contributed by atoms with Crippen molar-refractivity contribution in [3.63, 3.8) is 0 Å². The van der Waals surface area contributed by atoms with E-state index >= 15 is 0 Å². The average molecular weight is 217 g/mol. The lowest BCUT2D eigenvalue weighted by molar-refractivity contribution is -0.186. The van der Waals surface area contributed by atoms with Crippen molar-refractivity contribution in [2.45, 2.75) is 12.3 Å². The summed E-state index contributed by atoms with van der Waals surface area (Å²) in [4.78, 5) is 3.66. The molecular weight excluding hydrogens is 207 g/mol. The highest BCUT2D eigenvalue weighted by atomic mass is 19.4. The molecule has 1 N–H and O–H groups in total. The van der Waals surface area contributed by atoms with Gasteiger partial charge in [0.15, 0.2) is 0 Å². The summed E-state index contributed by atoms with van der Waals surface area (Å²) in [5.41, 5.74) is -0.0141. The van der Waals surface area contributed by atoms with Gasteiger partial charge in [-0.1, -0.05) is 12.1 Å². The first-order valence-electron chi connectivity index (χ1n) is 4.25. The lowest BCUT2D eigenvalue weighted by Crippen LogP contribution is -2.27. The van der Waals surface area contributed by atoms with E-state index in [1.807, 2.05) is 0 Å². The second-order valence-electron chi connectivity index (χ2n) is 3.00. The number of aliphatic hydroxyl groups excluding tert-OH is 1. The monoisotopic (exact) mass is 217 g/mol. The fraction of sp³-hybridized carbons (Fsp3) is 0.300. The second-order valence-corrected chi connectivity index (χ2v) is 3.00. The lowest BCUT2D eigenvalue weighted by atomic mass is 9.99. The topological polar surface area (TPSA) is 33.1 Å². The molecule has 0 aliphatic carbocycles. The summed E-state index contributed by atoms with van der Waals surface area (Å²) in [6, 6.07) is 4.42. The minimum absolute atomic E-state index is 0.0141. The van der Waals surface area contributed by atoms with Crippen LogP contribution in [0.3, 0.4) is 0 Å². The summed E-state index contributed by atoms with van der Waals surface area (Å²) in [5, 5.41) is 9.46. The van der Waals surface area contributed by atoms with Gasteiger partial charge in [0.05, 0.1) is 5.69 Å². The zero-order chi connectivity index (χ0) is 11.5. The molecule has 1 rings (SSSR count). The van der Waals surface area contributed by atoms with Crippen LogP contribution in [0.5, 0.6) is 0 Å². The molecule has 1 heterocycles. The Kier molecular flexibility index (Phi) is 3.47. The molecule has 0 unspecified atom stereocenters. The van der Waals surface area contributed by atoms with Gasteiger partial charge in [0.2, 0.25) is 0 Å². The summed E-state index contributed by atoms with van der Waals surface area (Å²) in [6.07, 6.45) is -4.21. The van der Waals surface area contributed by atoms with Crippen LogP contribution in [0.2, 0.25) is 0 Å². The predicted octanol–water partition coefficient (Wildman–Crippen LogP) is 2.48. The summed E-state index contributed by atoms with van der Waals surface area (Å²) >= 11 is 0. The van der Waals surface area contributed by atoms with E-state index in [2.05, 4.69) is 11.6 Å². The Morgan fingerprint density at radius 1 is 1.40 bits per heavy atom. The van der Waals surface area contributed by atoms with E-state index in [0.717, 1.165) is 0 Å². The molecule has 0 aromatic carbocycles. The minimum Gasteiger partial charge on any atom is -0.386 e. The van der Waals surface area contributed by atoms with Crippen LogP contribution >= 0.6 is 0 Å². The maximum Gasteiger partial charge on any atom is 0.398 e. The number of hydrogen-bond donors (Lipinski definition) is 1. The number of pyridine rings is 1. The van der Waals surface area contributed by atoms with Gasteiger partial charge in [-0.2, -0.15) is 13.2 Å². The minimum atomic E-state index is -4.52. The molecule has 1 aromatic heterocycles. The Balaban J connectivity index is 2.92. The third-order valence-corrected chi connectivity index (χ3v) is 1.96. The van der Waals surface area contributed by atoms with Crippen molar-refractivity contribution in [3.05, 3.63) is 42.7 Å². The highest BCUT2D eigenvalue weighted by Gasteiger charge is 2.43. The molecule has 82 valence electrons. The van der Waals surface area contributed by atoms with E-state index in [4.69, 9.17) is 0 Å². The van der Waals surface area contributed by atoms with E-state index in [-0.39, 0.29) is 5.69 Å². The number of aromatic nitrogens is 1. The van der Waals surface area contributed by atoms with Gasteiger partial charge in [0, 0.05) is 6.20 Å². The van der Waals surface area contributed by atoms with E-state index in [1.54, 1.807) is 6.07 Å². The van der Waals surface area contributed by atoms with Crippen molar-refractivity contribution < 1.29 is 18.3 Å². The lowest BCUT2D eigenvalue weighted by Gasteiger charge is -2.21. The molecule has 0 saturated carbocycles. The quantitative estimate of drug-likeness (QED) is 0.789. The van der Waals surface area contributed by atoms with E-state index in [1.165, 1.54) is 18.3 Å². The van der Waals surface area contributed by atoms with Crippen LogP contribution in [-0.4, -0.2) is 16.3 Å². The molecule has 5 heteroatoms. The Morgan fingerprint density at radius 3 is 2.47 bits per heavy atom. The van der Waals surface area contributed by atoms with Gasteiger partial charge >= 0.3 is 6.18 Å². The molecule has 0 aliphatic heterocycles. The molecule has 15 heavy (non-hydrogen) atoms. The molecule has 2 atom stereocenters. The number of aliphatic hydroxyl groups is 1. The molecule has 1 aromatic rings. The SMILES string of the molecule is C=C[C@H]([C@@H](O)c1ccccn1)C(F)(F)F. The van der Waals surface area contributed by atoms with Gasteiger partial charge in [-0.3, -0.25) is 4.98 Å². The van der Waals surface area contributed by atoms with Crippen LogP contribution in [-0.2, 0) is 0 Å². The third-order valence-electron chi connectivity index (χ3n) is 1.96. The Morgan fingerprint density at radius 2 is 2.07 bits per heavy atom. The first-order valence-corrected chi connectivity index (χ1v) is 4.25. The Hall–Kier alpha value is -1.36. The van der Waals surface area contributed by atoms with Crippen LogP contribution in [0.1, 0.15) is 11.8 Å². The van der Waals surface area contributed by atoms with Crippen molar-refractivity contribution in [2.24, 2.45) is 5.92 Å².